The van der Waals surface area contributed by atoms with Gasteiger partial charge in [-0.25, -0.2) is 0 Å². The number of ether oxygens (including phenoxy) is 1. The first-order valence-corrected chi connectivity index (χ1v) is 9.39. The van der Waals surface area contributed by atoms with E-state index in [1.807, 2.05) is 30.0 Å². The van der Waals surface area contributed by atoms with Crippen LogP contribution in [0.15, 0.2) is 30.3 Å². The lowest BCUT2D eigenvalue weighted by Gasteiger charge is -2.44. The summed E-state index contributed by atoms with van der Waals surface area (Å²) in [5.74, 6) is 0.0923. The van der Waals surface area contributed by atoms with E-state index in [1.165, 1.54) is 5.56 Å². The van der Waals surface area contributed by atoms with Gasteiger partial charge in [-0.05, 0) is 44.6 Å². The highest BCUT2D eigenvalue weighted by molar-refractivity contribution is 5.93. The summed E-state index contributed by atoms with van der Waals surface area (Å²) < 4.78 is 5.29. The molecule has 2 amide bonds. The largest absolute Gasteiger partial charge is 0.372 e. The van der Waals surface area contributed by atoms with Crippen LogP contribution in [0, 0.1) is 0 Å². The zero-order valence-electron chi connectivity index (χ0n) is 15.1. The van der Waals surface area contributed by atoms with Gasteiger partial charge in [0.2, 0.25) is 11.8 Å². The molecule has 136 valence electrons. The first kappa shape index (κ1) is 17.9. The van der Waals surface area contributed by atoms with E-state index in [0.717, 1.165) is 45.2 Å². The predicted molar refractivity (Wildman–Crippen MR) is 96.1 cm³/mol. The number of carbonyl (C=O) groups excluding carboxylic acids is 2. The minimum atomic E-state index is -0.622. The lowest BCUT2D eigenvalue weighted by Crippen LogP contribution is -2.62. The van der Waals surface area contributed by atoms with E-state index in [-0.39, 0.29) is 18.4 Å². The van der Waals surface area contributed by atoms with Crippen LogP contribution < -0.4 is 0 Å². The summed E-state index contributed by atoms with van der Waals surface area (Å²) in [6, 6.07) is 10.3. The van der Waals surface area contributed by atoms with Crippen molar-refractivity contribution in [3.63, 3.8) is 0 Å². The Morgan fingerprint density at radius 1 is 1.16 bits per heavy atom. The second kappa shape index (κ2) is 8.00. The normalized spacial score (nSPS) is 23.5. The highest BCUT2D eigenvalue weighted by atomic mass is 16.5. The van der Waals surface area contributed by atoms with E-state index < -0.39 is 5.54 Å². The quantitative estimate of drug-likeness (QED) is 0.795. The monoisotopic (exact) mass is 344 g/mol. The zero-order chi connectivity index (χ0) is 17.7. The van der Waals surface area contributed by atoms with Crippen molar-refractivity contribution in [2.75, 3.05) is 32.8 Å². The number of rotatable bonds is 6. The number of amides is 2. The molecule has 1 spiro atoms. The molecule has 25 heavy (non-hydrogen) atoms. The molecule has 1 atom stereocenters. The Morgan fingerprint density at radius 2 is 1.88 bits per heavy atom. The Balaban J connectivity index is 1.68. The Kier molecular flexibility index (Phi) is 5.74. The smallest absolute Gasteiger partial charge is 0.249 e. The van der Waals surface area contributed by atoms with Crippen molar-refractivity contribution >= 4 is 11.8 Å². The highest BCUT2D eigenvalue weighted by Gasteiger charge is 2.52. The average molecular weight is 344 g/mol. The molecule has 1 unspecified atom stereocenters. The molecule has 2 heterocycles. The van der Waals surface area contributed by atoms with Crippen molar-refractivity contribution in [3.05, 3.63) is 35.9 Å². The number of likely N-dealkylation sites (tertiary alicyclic amines) is 2. The molecule has 0 aromatic heterocycles. The van der Waals surface area contributed by atoms with E-state index in [9.17, 15) is 9.59 Å². The molecule has 0 N–H and O–H groups in total. The number of piperidine rings is 1. The number of benzene rings is 1. The van der Waals surface area contributed by atoms with Gasteiger partial charge in [-0.15, -0.1) is 0 Å². The first-order valence-electron chi connectivity index (χ1n) is 9.39. The second-order valence-corrected chi connectivity index (χ2v) is 6.95. The lowest BCUT2D eigenvalue weighted by atomic mass is 9.85. The fourth-order valence-corrected chi connectivity index (χ4v) is 4.18. The summed E-state index contributed by atoms with van der Waals surface area (Å²) in [5.41, 5.74) is 0.619. The molecule has 2 fully saturated rings. The van der Waals surface area contributed by atoms with Gasteiger partial charge in [-0.1, -0.05) is 30.3 Å². The minimum Gasteiger partial charge on any atom is -0.372 e. The van der Waals surface area contributed by atoms with E-state index >= 15 is 0 Å². The fourth-order valence-electron chi connectivity index (χ4n) is 4.18. The Bertz CT molecular complexity index is 604. The fraction of sp³-hybridized carbons (Fsp3) is 0.600. The van der Waals surface area contributed by atoms with Crippen molar-refractivity contribution in [2.24, 2.45) is 0 Å². The third kappa shape index (κ3) is 3.71. The standard InChI is InChI=1S/C20H28N2O3/c1-2-25-16-18(23)22-14-7-12-20(22)11-6-13-21(19(20)24)15-10-17-8-4-3-5-9-17/h3-5,8-9H,2,6-7,10-16H2,1H3. The van der Waals surface area contributed by atoms with Crippen LogP contribution in [0.25, 0.3) is 0 Å². The third-order valence-electron chi connectivity index (χ3n) is 5.44. The maximum atomic E-state index is 13.3. The van der Waals surface area contributed by atoms with Crippen LogP contribution in [0.2, 0.25) is 0 Å². The van der Waals surface area contributed by atoms with Gasteiger partial charge < -0.3 is 14.5 Å². The summed E-state index contributed by atoms with van der Waals surface area (Å²) >= 11 is 0. The maximum Gasteiger partial charge on any atom is 0.249 e. The molecule has 1 aromatic rings. The maximum absolute atomic E-state index is 13.3. The van der Waals surface area contributed by atoms with Crippen molar-refractivity contribution in [2.45, 2.75) is 44.6 Å². The average Bonchev–Trinajstić information content (AvgIpc) is 3.06. The first-order chi connectivity index (χ1) is 12.2. The molecule has 0 radical (unpaired) electrons. The van der Waals surface area contributed by atoms with Gasteiger partial charge in [0.05, 0.1) is 0 Å². The van der Waals surface area contributed by atoms with Crippen LogP contribution >= 0.6 is 0 Å². The van der Waals surface area contributed by atoms with Crippen LogP contribution in [0.1, 0.15) is 38.2 Å². The van der Waals surface area contributed by atoms with Crippen molar-refractivity contribution < 1.29 is 14.3 Å². The number of hydrogen-bond donors (Lipinski definition) is 0. The molecule has 0 aliphatic carbocycles. The number of carbonyl (C=O) groups is 2. The van der Waals surface area contributed by atoms with Gasteiger partial charge in [0.25, 0.3) is 0 Å². The summed E-state index contributed by atoms with van der Waals surface area (Å²) in [7, 11) is 0. The van der Waals surface area contributed by atoms with Crippen molar-refractivity contribution in [1.29, 1.82) is 0 Å². The van der Waals surface area contributed by atoms with Crippen LogP contribution in [0.3, 0.4) is 0 Å². The molecule has 3 rings (SSSR count). The number of nitrogens with zero attached hydrogens (tertiary/aromatic N) is 2. The molecule has 0 bridgehead atoms. The van der Waals surface area contributed by atoms with Gasteiger partial charge in [0.15, 0.2) is 0 Å². The highest BCUT2D eigenvalue weighted by Crippen LogP contribution is 2.38. The van der Waals surface area contributed by atoms with Crippen molar-refractivity contribution in [3.8, 4) is 0 Å². The molecule has 0 saturated carbocycles. The molecule has 5 nitrogen and oxygen atoms in total. The molecule has 2 aliphatic heterocycles. The van der Waals surface area contributed by atoms with E-state index in [0.29, 0.717) is 13.2 Å². The van der Waals surface area contributed by atoms with E-state index in [2.05, 4.69) is 12.1 Å². The molecular weight excluding hydrogens is 316 g/mol. The van der Waals surface area contributed by atoms with Crippen LogP contribution in [0.4, 0.5) is 0 Å². The molecular formula is C20H28N2O3. The Hall–Kier alpha value is -1.88. The van der Waals surface area contributed by atoms with Gasteiger partial charge in [-0.2, -0.15) is 0 Å². The Labute approximate surface area is 149 Å². The van der Waals surface area contributed by atoms with Crippen LogP contribution in [-0.4, -0.2) is 60.0 Å². The van der Waals surface area contributed by atoms with E-state index in [4.69, 9.17) is 4.74 Å². The minimum absolute atomic E-state index is 0.0439. The molecule has 2 saturated heterocycles. The molecule has 5 heteroatoms. The predicted octanol–water partition coefficient (Wildman–Crippen LogP) is 2.25. The summed E-state index contributed by atoms with van der Waals surface area (Å²) in [6.45, 7) is 4.66. The second-order valence-electron chi connectivity index (χ2n) is 6.95. The Morgan fingerprint density at radius 3 is 2.60 bits per heavy atom. The van der Waals surface area contributed by atoms with Gasteiger partial charge >= 0.3 is 0 Å². The SMILES string of the molecule is CCOCC(=O)N1CCCC12CCCN(CCc1ccccc1)C2=O. The molecule has 1 aromatic carbocycles. The lowest BCUT2D eigenvalue weighted by molar-refractivity contribution is -0.157. The van der Waals surface area contributed by atoms with Crippen LogP contribution in [0.5, 0.6) is 0 Å². The van der Waals surface area contributed by atoms with Crippen molar-refractivity contribution in [1.82, 2.24) is 9.80 Å². The van der Waals surface area contributed by atoms with Gasteiger partial charge in [0.1, 0.15) is 12.1 Å². The molecule has 2 aliphatic rings. The van der Waals surface area contributed by atoms with Gasteiger partial charge in [0, 0.05) is 26.2 Å². The van der Waals surface area contributed by atoms with Crippen LogP contribution in [-0.2, 0) is 20.7 Å². The van der Waals surface area contributed by atoms with E-state index in [1.54, 1.807) is 4.90 Å². The third-order valence-corrected chi connectivity index (χ3v) is 5.44. The number of hydrogen-bond acceptors (Lipinski definition) is 3. The van der Waals surface area contributed by atoms with Gasteiger partial charge in [-0.3, -0.25) is 9.59 Å². The zero-order valence-corrected chi connectivity index (χ0v) is 15.1. The summed E-state index contributed by atoms with van der Waals surface area (Å²) in [5, 5.41) is 0. The summed E-state index contributed by atoms with van der Waals surface area (Å²) in [4.78, 5) is 29.6. The summed E-state index contributed by atoms with van der Waals surface area (Å²) in [6.07, 6.45) is 4.28. The topological polar surface area (TPSA) is 49.9 Å².